The number of imide groups is 1. The predicted molar refractivity (Wildman–Crippen MR) is 65.7 cm³/mol. The van der Waals surface area contributed by atoms with Gasteiger partial charge in [-0.15, -0.1) is 0 Å². The van der Waals surface area contributed by atoms with Gasteiger partial charge in [0.2, 0.25) is 0 Å². The number of carbonyl (C=O) groups excluding carboxylic acids is 2. The number of nitrogens with one attached hydrogen (secondary N) is 1. The van der Waals surface area contributed by atoms with Crippen molar-refractivity contribution in [3.63, 3.8) is 0 Å². The van der Waals surface area contributed by atoms with Crippen LogP contribution in [-0.4, -0.2) is 35.1 Å². The molecule has 1 fully saturated rings. The van der Waals surface area contributed by atoms with E-state index in [1.807, 2.05) is 0 Å². The minimum atomic E-state index is -1.78. The van der Waals surface area contributed by atoms with Crippen molar-refractivity contribution in [3.8, 4) is 0 Å². The summed E-state index contributed by atoms with van der Waals surface area (Å²) in [5.74, 6) is -2.53. The van der Waals surface area contributed by atoms with Crippen LogP contribution in [0.15, 0.2) is 18.2 Å². The van der Waals surface area contributed by atoms with Gasteiger partial charge in [-0.05, 0) is 25.5 Å². The highest BCUT2D eigenvalue weighted by Crippen LogP contribution is 2.32. The number of amides is 3. The van der Waals surface area contributed by atoms with Crippen LogP contribution in [0.3, 0.4) is 0 Å². The fraction of sp³-hybridized carbons (Fsp3) is 0.385. The van der Waals surface area contributed by atoms with E-state index in [4.69, 9.17) is 5.11 Å². The molecular formula is C13H14F2N2O3. The van der Waals surface area contributed by atoms with Gasteiger partial charge in [0, 0.05) is 13.2 Å². The van der Waals surface area contributed by atoms with E-state index in [1.54, 1.807) is 0 Å². The fourth-order valence-electron chi connectivity index (χ4n) is 2.27. The second-order valence-electron chi connectivity index (χ2n) is 4.69. The molecule has 0 radical (unpaired) electrons. The molecule has 1 saturated heterocycles. The fourth-order valence-corrected chi connectivity index (χ4v) is 2.27. The Morgan fingerprint density at radius 2 is 1.90 bits per heavy atom. The number of benzene rings is 1. The average Bonchev–Trinajstić information content (AvgIpc) is 2.58. The molecule has 3 amide bonds. The Labute approximate surface area is 114 Å². The molecule has 7 heteroatoms. The van der Waals surface area contributed by atoms with E-state index in [0.717, 1.165) is 17.0 Å². The molecule has 5 nitrogen and oxygen atoms in total. The van der Waals surface area contributed by atoms with Gasteiger partial charge in [0.25, 0.3) is 5.91 Å². The minimum Gasteiger partial charge on any atom is -0.396 e. The largest absolute Gasteiger partial charge is 0.396 e. The summed E-state index contributed by atoms with van der Waals surface area (Å²) in [6.07, 6.45) is 0.203. The smallest absolute Gasteiger partial charge is 0.325 e. The molecule has 1 heterocycles. The molecule has 0 bridgehead atoms. The molecule has 0 aliphatic carbocycles. The maximum absolute atomic E-state index is 13.8. The average molecular weight is 284 g/mol. The van der Waals surface area contributed by atoms with Crippen molar-refractivity contribution in [2.24, 2.45) is 0 Å². The standard InChI is InChI=1S/C13H14F2N2O3/c1-13(10-8(14)4-2-5-9(10)15)11(19)17(6-3-7-18)12(20)16-13/h2,4-5,18H,3,6-7H2,1H3,(H,16,20). The van der Waals surface area contributed by atoms with Crippen LogP contribution >= 0.6 is 0 Å². The van der Waals surface area contributed by atoms with Gasteiger partial charge in [0.1, 0.15) is 17.2 Å². The molecule has 1 unspecified atom stereocenters. The van der Waals surface area contributed by atoms with E-state index in [0.29, 0.717) is 0 Å². The second-order valence-corrected chi connectivity index (χ2v) is 4.69. The number of hydrogen-bond donors (Lipinski definition) is 2. The molecule has 1 aromatic rings. The zero-order valence-electron chi connectivity index (χ0n) is 10.8. The first-order valence-corrected chi connectivity index (χ1v) is 6.11. The Hall–Kier alpha value is -2.02. The third-order valence-electron chi connectivity index (χ3n) is 3.28. The molecule has 20 heavy (non-hydrogen) atoms. The first kappa shape index (κ1) is 14.4. The second kappa shape index (κ2) is 5.16. The minimum absolute atomic E-state index is 0.00711. The first-order valence-electron chi connectivity index (χ1n) is 6.11. The van der Waals surface area contributed by atoms with Crippen molar-refractivity contribution in [3.05, 3.63) is 35.4 Å². The number of hydrogen-bond acceptors (Lipinski definition) is 3. The highest BCUT2D eigenvalue weighted by molar-refractivity contribution is 6.07. The molecule has 1 atom stereocenters. The molecule has 2 rings (SSSR count). The van der Waals surface area contributed by atoms with Crippen molar-refractivity contribution in [2.75, 3.05) is 13.2 Å². The number of halogens is 2. The normalized spacial score (nSPS) is 22.3. The third kappa shape index (κ3) is 2.14. The van der Waals surface area contributed by atoms with Crippen LogP contribution in [0.5, 0.6) is 0 Å². The highest BCUT2D eigenvalue weighted by atomic mass is 19.1. The Morgan fingerprint density at radius 1 is 1.30 bits per heavy atom. The maximum atomic E-state index is 13.8. The van der Waals surface area contributed by atoms with Crippen LogP contribution < -0.4 is 5.32 Å². The summed E-state index contributed by atoms with van der Waals surface area (Å²) < 4.78 is 27.6. The molecule has 0 aromatic heterocycles. The van der Waals surface area contributed by atoms with E-state index in [9.17, 15) is 18.4 Å². The molecule has 0 saturated carbocycles. The topological polar surface area (TPSA) is 69.6 Å². The van der Waals surface area contributed by atoms with Crippen molar-refractivity contribution in [2.45, 2.75) is 18.9 Å². The Balaban J connectivity index is 2.41. The predicted octanol–water partition coefficient (Wildman–Crippen LogP) is 1.11. The van der Waals surface area contributed by atoms with E-state index in [-0.39, 0.29) is 19.6 Å². The Morgan fingerprint density at radius 3 is 2.45 bits per heavy atom. The van der Waals surface area contributed by atoms with Gasteiger partial charge in [-0.25, -0.2) is 13.6 Å². The maximum Gasteiger partial charge on any atom is 0.325 e. The third-order valence-corrected chi connectivity index (χ3v) is 3.28. The van der Waals surface area contributed by atoms with Crippen LogP contribution in [0.25, 0.3) is 0 Å². The van der Waals surface area contributed by atoms with Crippen LogP contribution in [0.2, 0.25) is 0 Å². The number of carbonyl (C=O) groups is 2. The molecule has 1 aliphatic rings. The van der Waals surface area contributed by atoms with Crippen LogP contribution in [-0.2, 0) is 10.3 Å². The van der Waals surface area contributed by atoms with Crippen LogP contribution in [0.1, 0.15) is 18.9 Å². The molecule has 1 aliphatic heterocycles. The van der Waals surface area contributed by atoms with Crippen LogP contribution in [0, 0.1) is 11.6 Å². The number of nitrogens with zero attached hydrogens (tertiary/aromatic N) is 1. The van der Waals surface area contributed by atoms with Gasteiger partial charge in [-0.1, -0.05) is 6.07 Å². The summed E-state index contributed by atoms with van der Waals surface area (Å²) in [7, 11) is 0. The molecule has 2 N–H and O–H groups in total. The molecule has 0 spiro atoms. The summed E-state index contributed by atoms with van der Waals surface area (Å²) >= 11 is 0. The van der Waals surface area contributed by atoms with Crippen LogP contribution in [0.4, 0.5) is 13.6 Å². The summed E-state index contributed by atoms with van der Waals surface area (Å²) in [5.41, 5.74) is -2.26. The monoisotopic (exact) mass is 284 g/mol. The molecule has 108 valence electrons. The Kier molecular flexibility index (Phi) is 3.71. The summed E-state index contributed by atoms with van der Waals surface area (Å²) in [6.45, 7) is 1.06. The van der Waals surface area contributed by atoms with E-state index >= 15 is 0 Å². The summed E-state index contributed by atoms with van der Waals surface area (Å²) in [5, 5.41) is 11.1. The first-order chi connectivity index (χ1) is 9.41. The Bertz CT molecular complexity index is 544. The molecule has 1 aromatic carbocycles. The number of urea groups is 1. The van der Waals surface area contributed by atoms with Crippen molar-refractivity contribution in [1.82, 2.24) is 10.2 Å². The van der Waals surface area contributed by atoms with Gasteiger partial charge in [0.05, 0.1) is 5.56 Å². The highest BCUT2D eigenvalue weighted by Gasteiger charge is 2.51. The lowest BCUT2D eigenvalue weighted by Gasteiger charge is -2.23. The zero-order chi connectivity index (χ0) is 14.9. The number of aliphatic hydroxyl groups is 1. The van der Waals surface area contributed by atoms with Crippen molar-refractivity contribution in [1.29, 1.82) is 0 Å². The SMILES string of the molecule is CC1(c2c(F)cccc2F)NC(=O)N(CCCO)C1=O. The van der Waals surface area contributed by atoms with E-state index in [1.165, 1.54) is 13.0 Å². The number of aliphatic hydroxyl groups excluding tert-OH is 1. The lowest BCUT2D eigenvalue weighted by Crippen LogP contribution is -2.42. The quantitative estimate of drug-likeness (QED) is 0.814. The lowest BCUT2D eigenvalue weighted by atomic mass is 9.91. The van der Waals surface area contributed by atoms with Gasteiger partial charge in [-0.2, -0.15) is 0 Å². The van der Waals surface area contributed by atoms with E-state index in [2.05, 4.69) is 5.32 Å². The van der Waals surface area contributed by atoms with Crippen molar-refractivity contribution < 1.29 is 23.5 Å². The van der Waals surface area contributed by atoms with Gasteiger partial charge in [-0.3, -0.25) is 9.69 Å². The van der Waals surface area contributed by atoms with Gasteiger partial charge < -0.3 is 10.4 Å². The lowest BCUT2D eigenvalue weighted by molar-refractivity contribution is -0.131. The number of rotatable bonds is 4. The summed E-state index contributed by atoms with van der Waals surface area (Å²) in [4.78, 5) is 24.9. The van der Waals surface area contributed by atoms with Gasteiger partial charge in [0.15, 0.2) is 0 Å². The van der Waals surface area contributed by atoms with Gasteiger partial charge >= 0.3 is 6.03 Å². The van der Waals surface area contributed by atoms with E-state index < -0.39 is 34.7 Å². The zero-order valence-corrected chi connectivity index (χ0v) is 10.8. The van der Waals surface area contributed by atoms with Crippen molar-refractivity contribution >= 4 is 11.9 Å². The summed E-state index contributed by atoms with van der Waals surface area (Å²) in [6, 6.07) is 2.51. The molecular weight excluding hydrogens is 270 g/mol.